The Labute approximate surface area is 89.8 Å². The van der Waals surface area contributed by atoms with Crippen LogP contribution in [0.15, 0.2) is 36.9 Å². The van der Waals surface area contributed by atoms with E-state index in [1.165, 1.54) is 0 Å². The van der Waals surface area contributed by atoms with Crippen molar-refractivity contribution in [1.29, 1.82) is 0 Å². The number of ether oxygens (including phenoxy) is 1. The number of nitrogens with one attached hydrogen (secondary N) is 1. The molecular formula is C12H15NO2. The summed E-state index contributed by atoms with van der Waals surface area (Å²) in [7, 11) is 1.61. The highest BCUT2D eigenvalue weighted by Gasteiger charge is 2.02. The van der Waals surface area contributed by atoms with E-state index in [-0.39, 0.29) is 5.91 Å². The Bertz CT molecular complexity index is 347. The van der Waals surface area contributed by atoms with Gasteiger partial charge in [-0.2, -0.15) is 0 Å². The average molecular weight is 205 g/mol. The van der Waals surface area contributed by atoms with Crippen LogP contribution in [-0.2, 0) is 11.2 Å². The summed E-state index contributed by atoms with van der Waals surface area (Å²) in [6.07, 6.45) is 2.02. The number of hydrogen-bond acceptors (Lipinski definition) is 2. The van der Waals surface area contributed by atoms with Gasteiger partial charge in [0, 0.05) is 6.54 Å². The highest BCUT2D eigenvalue weighted by molar-refractivity contribution is 5.78. The van der Waals surface area contributed by atoms with Crippen molar-refractivity contribution in [2.75, 3.05) is 13.7 Å². The van der Waals surface area contributed by atoms with Crippen LogP contribution in [0.5, 0.6) is 5.75 Å². The fourth-order valence-electron chi connectivity index (χ4n) is 1.22. The zero-order valence-electron chi connectivity index (χ0n) is 8.82. The number of benzene rings is 1. The van der Waals surface area contributed by atoms with Crippen LogP contribution < -0.4 is 10.1 Å². The second-order valence-electron chi connectivity index (χ2n) is 3.12. The molecule has 1 aromatic carbocycles. The summed E-state index contributed by atoms with van der Waals surface area (Å²) < 4.78 is 5.07. The summed E-state index contributed by atoms with van der Waals surface area (Å²) in [5.74, 6) is 0.757. The molecule has 0 radical (unpaired) electrons. The molecule has 1 rings (SSSR count). The first-order valence-corrected chi connectivity index (χ1v) is 4.77. The van der Waals surface area contributed by atoms with Gasteiger partial charge in [-0.3, -0.25) is 4.79 Å². The smallest absolute Gasteiger partial charge is 0.224 e. The molecule has 0 unspecified atom stereocenters. The Morgan fingerprint density at radius 2 is 2.40 bits per heavy atom. The maximum Gasteiger partial charge on any atom is 0.224 e. The molecule has 1 aromatic rings. The normalized spacial score (nSPS) is 9.40. The largest absolute Gasteiger partial charge is 0.497 e. The molecule has 0 saturated carbocycles. The molecule has 0 bridgehead atoms. The lowest BCUT2D eigenvalue weighted by Gasteiger charge is -2.04. The predicted molar refractivity (Wildman–Crippen MR) is 59.9 cm³/mol. The minimum absolute atomic E-state index is 0.0110. The highest BCUT2D eigenvalue weighted by Crippen LogP contribution is 2.12. The monoisotopic (exact) mass is 205 g/mol. The minimum Gasteiger partial charge on any atom is -0.497 e. The van der Waals surface area contributed by atoms with Crippen LogP contribution in [0.3, 0.4) is 0 Å². The van der Waals surface area contributed by atoms with E-state index in [9.17, 15) is 4.79 Å². The third-order valence-electron chi connectivity index (χ3n) is 1.94. The number of rotatable bonds is 5. The van der Waals surface area contributed by atoms with Gasteiger partial charge >= 0.3 is 0 Å². The topological polar surface area (TPSA) is 38.3 Å². The van der Waals surface area contributed by atoms with E-state index >= 15 is 0 Å². The van der Waals surface area contributed by atoms with Crippen LogP contribution in [-0.4, -0.2) is 19.6 Å². The molecule has 0 fully saturated rings. The standard InChI is InChI=1S/C12H15NO2/c1-3-7-13-12(14)9-10-5-4-6-11(8-10)15-2/h3-6,8H,1,7,9H2,2H3,(H,13,14). The van der Waals surface area contributed by atoms with Gasteiger partial charge in [0.2, 0.25) is 5.91 Å². The molecule has 0 saturated heterocycles. The van der Waals surface area contributed by atoms with Crippen molar-refractivity contribution in [3.63, 3.8) is 0 Å². The maximum absolute atomic E-state index is 11.4. The Hall–Kier alpha value is -1.77. The lowest BCUT2D eigenvalue weighted by Crippen LogP contribution is -2.24. The van der Waals surface area contributed by atoms with Crippen molar-refractivity contribution >= 4 is 5.91 Å². The molecule has 80 valence electrons. The first-order valence-electron chi connectivity index (χ1n) is 4.77. The summed E-state index contributed by atoms with van der Waals surface area (Å²) in [4.78, 5) is 11.4. The maximum atomic E-state index is 11.4. The Morgan fingerprint density at radius 1 is 1.60 bits per heavy atom. The van der Waals surface area contributed by atoms with Crippen LogP contribution in [0.2, 0.25) is 0 Å². The van der Waals surface area contributed by atoms with Crippen molar-refractivity contribution in [3.8, 4) is 5.75 Å². The second-order valence-corrected chi connectivity index (χ2v) is 3.12. The van der Waals surface area contributed by atoms with E-state index in [0.717, 1.165) is 11.3 Å². The SMILES string of the molecule is C=CCNC(=O)Cc1cccc(OC)c1. The predicted octanol–water partition coefficient (Wildman–Crippen LogP) is 1.54. The molecule has 0 aliphatic rings. The van der Waals surface area contributed by atoms with Crippen LogP contribution in [0.4, 0.5) is 0 Å². The fourth-order valence-corrected chi connectivity index (χ4v) is 1.22. The van der Waals surface area contributed by atoms with Crippen LogP contribution in [0.25, 0.3) is 0 Å². The first-order chi connectivity index (χ1) is 7.26. The molecule has 3 nitrogen and oxygen atoms in total. The zero-order valence-corrected chi connectivity index (χ0v) is 8.82. The molecule has 1 amide bonds. The van der Waals surface area contributed by atoms with Crippen molar-refractivity contribution in [1.82, 2.24) is 5.32 Å². The number of carbonyl (C=O) groups excluding carboxylic acids is 1. The summed E-state index contributed by atoms with van der Waals surface area (Å²) in [5.41, 5.74) is 0.941. The van der Waals surface area contributed by atoms with Gasteiger partial charge in [-0.25, -0.2) is 0 Å². The first kappa shape index (κ1) is 11.3. The molecule has 0 heterocycles. The van der Waals surface area contributed by atoms with E-state index in [2.05, 4.69) is 11.9 Å². The lowest BCUT2D eigenvalue weighted by molar-refractivity contribution is -0.120. The van der Waals surface area contributed by atoms with E-state index in [1.807, 2.05) is 24.3 Å². The molecule has 1 N–H and O–H groups in total. The third kappa shape index (κ3) is 3.85. The number of carbonyl (C=O) groups is 1. The number of methoxy groups -OCH3 is 1. The summed E-state index contributed by atoms with van der Waals surface area (Å²) in [5, 5.41) is 2.72. The molecule has 0 spiro atoms. The summed E-state index contributed by atoms with van der Waals surface area (Å²) >= 11 is 0. The molecule has 0 atom stereocenters. The van der Waals surface area contributed by atoms with Crippen molar-refractivity contribution < 1.29 is 9.53 Å². The van der Waals surface area contributed by atoms with Gasteiger partial charge in [0.05, 0.1) is 13.5 Å². The summed E-state index contributed by atoms with van der Waals surface area (Å²) in [6, 6.07) is 7.48. The van der Waals surface area contributed by atoms with Crippen molar-refractivity contribution in [2.45, 2.75) is 6.42 Å². The summed E-state index contributed by atoms with van der Waals surface area (Å²) in [6.45, 7) is 4.04. The van der Waals surface area contributed by atoms with Gasteiger partial charge < -0.3 is 10.1 Å². The molecule has 0 aliphatic heterocycles. The molecule has 0 aliphatic carbocycles. The van der Waals surface area contributed by atoms with Crippen molar-refractivity contribution in [2.24, 2.45) is 0 Å². The lowest BCUT2D eigenvalue weighted by atomic mass is 10.1. The zero-order chi connectivity index (χ0) is 11.1. The molecule has 3 heteroatoms. The average Bonchev–Trinajstić information content (AvgIpc) is 2.26. The van der Waals surface area contributed by atoms with Gasteiger partial charge in [0.25, 0.3) is 0 Å². The van der Waals surface area contributed by atoms with E-state index in [0.29, 0.717) is 13.0 Å². The van der Waals surface area contributed by atoms with E-state index < -0.39 is 0 Å². The van der Waals surface area contributed by atoms with E-state index in [4.69, 9.17) is 4.74 Å². The Balaban J connectivity index is 2.55. The molecular weight excluding hydrogens is 190 g/mol. The third-order valence-corrected chi connectivity index (χ3v) is 1.94. The number of hydrogen-bond donors (Lipinski definition) is 1. The van der Waals surface area contributed by atoms with Crippen molar-refractivity contribution in [3.05, 3.63) is 42.5 Å². The van der Waals surface area contributed by atoms with Gasteiger partial charge in [0.15, 0.2) is 0 Å². The van der Waals surface area contributed by atoms with Gasteiger partial charge in [-0.05, 0) is 17.7 Å². The quantitative estimate of drug-likeness (QED) is 0.740. The van der Waals surface area contributed by atoms with E-state index in [1.54, 1.807) is 13.2 Å². The van der Waals surface area contributed by atoms with Crippen LogP contribution >= 0.6 is 0 Å². The molecule has 0 aromatic heterocycles. The number of amides is 1. The van der Waals surface area contributed by atoms with Gasteiger partial charge in [-0.1, -0.05) is 18.2 Å². The fraction of sp³-hybridized carbons (Fsp3) is 0.250. The minimum atomic E-state index is -0.0110. The van der Waals surface area contributed by atoms with Crippen LogP contribution in [0, 0.1) is 0 Å². The van der Waals surface area contributed by atoms with Gasteiger partial charge in [-0.15, -0.1) is 6.58 Å². The Morgan fingerprint density at radius 3 is 3.07 bits per heavy atom. The van der Waals surface area contributed by atoms with Gasteiger partial charge in [0.1, 0.15) is 5.75 Å². The Kier molecular flexibility index (Phi) is 4.41. The second kappa shape index (κ2) is 5.86. The van der Waals surface area contributed by atoms with Crippen LogP contribution in [0.1, 0.15) is 5.56 Å². The molecule has 15 heavy (non-hydrogen) atoms. The highest BCUT2D eigenvalue weighted by atomic mass is 16.5.